The summed E-state index contributed by atoms with van der Waals surface area (Å²) < 4.78 is 109. The lowest BCUT2D eigenvalue weighted by Crippen LogP contribution is -2.31. The molecule has 0 unspecified atom stereocenters. The fourth-order valence-electron chi connectivity index (χ4n) is 4.16. The van der Waals surface area contributed by atoms with Gasteiger partial charge in [-0.3, -0.25) is 9.59 Å². The summed E-state index contributed by atoms with van der Waals surface area (Å²) in [6, 6.07) is 3.49. The second kappa shape index (κ2) is 15.1. The molecule has 1 heterocycles. The van der Waals surface area contributed by atoms with Gasteiger partial charge in [0.25, 0.3) is 11.8 Å². The van der Waals surface area contributed by atoms with Gasteiger partial charge in [0, 0.05) is 17.3 Å². The number of benzene rings is 2. The van der Waals surface area contributed by atoms with Crippen molar-refractivity contribution in [2.45, 2.75) is 57.5 Å². The third-order valence-corrected chi connectivity index (χ3v) is 8.07. The number of sulfonamides is 1. The quantitative estimate of drug-likeness (QED) is 0.114. The molecular weight excluding hydrogens is 725 g/mol. The van der Waals surface area contributed by atoms with Crippen LogP contribution in [0.2, 0.25) is 5.02 Å². The Kier molecular flexibility index (Phi) is 12.1. The van der Waals surface area contributed by atoms with Crippen molar-refractivity contribution in [1.29, 1.82) is 0 Å². The second-order valence-electron chi connectivity index (χ2n) is 10.6. The van der Waals surface area contributed by atoms with Crippen molar-refractivity contribution in [2.24, 2.45) is 4.99 Å². The molecule has 0 radical (unpaired) electrons. The predicted octanol–water partition coefficient (Wildman–Crippen LogP) is 7.28. The number of nitrogens with one attached hydrogen (secondary N) is 3. The van der Waals surface area contributed by atoms with Crippen molar-refractivity contribution in [3.8, 4) is 0 Å². The molecule has 264 valence electrons. The summed E-state index contributed by atoms with van der Waals surface area (Å²) in [6.07, 6.45) is -7.81. The van der Waals surface area contributed by atoms with Gasteiger partial charge in [-0.1, -0.05) is 35.9 Å². The van der Waals surface area contributed by atoms with Crippen LogP contribution in [0.3, 0.4) is 0 Å². The highest BCUT2D eigenvalue weighted by molar-refractivity contribution is 7.89. The molecule has 3 rings (SSSR count). The summed E-state index contributed by atoms with van der Waals surface area (Å²) in [4.78, 5) is 29.5. The molecule has 0 fully saturated rings. The zero-order valence-corrected chi connectivity index (χ0v) is 28.3. The number of aryl methyl sites for hydroxylation is 1. The van der Waals surface area contributed by atoms with Gasteiger partial charge in [0.2, 0.25) is 10.0 Å². The van der Waals surface area contributed by atoms with Gasteiger partial charge in [-0.25, -0.2) is 22.8 Å². The molecular formula is C30H28Cl2F6N6O4S. The Balaban J connectivity index is 2.10. The number of aromatic nitrogens is 2. The minimum absolute atomic E-state index is 0.00923. The SMILES string of the molecule is C=C(Cl)C(=N/C=C\C)n1nc(CNS(=O)(=O)c2cc(C(F)(F)F)cc(C(F)(F)F)c2)cc1C(=O)Nc1c(C)cc(Cl)cc1C(=O)NC(C)C. The van der Waals surface area contributed by atoms with E-state index in [0.29, 0.717) is 5.56 Å². The molecule has 19 heteroatoms. The molecule has 0 aliphatic heterocycles. The van der Waals surface area contributed by atoms with Crippen LogP contribution in [0, 0.1) is 6.92 Å². The maximum atomic E-state index is 13.7. The average Bonchev–Trinajstić information content (AvgIpc) is 3.40. The van der Waals surface area contributed by atoms with Crippen LogP contribution < -0.4 is 15.4 Å². The van der Waals surface area contributed by atoms with Gasteiger partial charge in [0.1, 0.15) is 5.69 Å². The molecule has 0 atom stereocenters. The molecule has 0 saturated heterocycles. The molecule has 2 amide bonds. The van der Waals surface area contributed by atoms with Crippen LogP contribution in [0.25, 0.3) is 0 Å². The van der Waals surface area contributed by atoms with Crippen molar-refractivity contribution in [3.05, 3.63) is 98.9 Å². The highest BCUT2D eigenvalue weighted by Gasteiger charge is 2.38. The van der Waals surface area contributed by atoms with E-state index in [1.165, 1.54) is 24.4 Å². The zero-order valence-electron chi connectivity index (χ0n) is 26.0. The molecule has 10 nitrogen and oxygen atoms in total. The number of allylic oxidation sites excluding steroid dienone is 2. The number of nitrogens with zero attached hydrogens (tertiary/aromatic N) is 3. The molecule has 3 N–H and O–H groups in total. The van der Waals surface area contributed by atoms with Crippen LogP contribution in [0.1, 0.15) is 64.0 Å². The maximum absolute atomic E-state index is 13.7. The lowest BCUT2D eigenvalue weighted by Gasteiger charge is -2.16. The van der Waals surface area contributed by atoms with Crippen LogP contribution in [0.15, 0.2) is 70.2 Å². The molecule has 0 saturated carbocycles. The number of carbonyl (C=O) groups is 2. The fraction of sp³-hybridized carbons (Fsp3) is 0.267. The van der Waals surface area contributed by atoms with Gasteiger partial charge >= 0.3 is 12.4 Å². The van der Waals surface area contributed by atoms with E-state index in [4.69, 9.17) is 23.2 Å². The van der Waals surface area contributed by atoms with Crippen LogP contribution in [0.4, 0.5) is 32.0 Å². The molecule has 0 spiro atoms. The first kappa shape index (κ1) is 39.3. The molecule has 1 aromatic heterocycles. The van der Waals surface area contributed by atoms with Crippen molar-refractivity contribution < 1.29 is 44.3 Å². The summed E-state index contributed by atoms with van der Waals surface area (Å²) in [5.74, 6) is -1.69. The monoisotopic (exact) mass is 752 g/mol. The zero-order chi connectivity index (χ0) is 37.1. The third-order valence-electron chi connectivity index (χ3n) is 6.30. The minimum atomic E-state index is -5.29. The molecule has 0 aliphatic rings. The van der Waals surface area contributed by atoms with Crippen LogP contribution >= 0.6 is 23.2 Å². The minimum Gasteiger partial charge on any atom is -0.350 e. The number of carbonyl (C=O) groups excluding carboxylic acids is 2. The first-order valence-electron chi connectivity index (χ1n) is 13.9. The predicted molar refractivity (Wildman–Crippen MR) is 172 cm³/mol. The maximum Gasteiger partial charge on any atom is 0.416 e. The van der Waals surface area contributed by atoms with Gasteiger partial charge in [-0.2, -0.15) is 31.4 Å². The Labute approximate surface area is 286 Å². The standard InChI is InChI=1S/C30H28Cl2F6N6O4S/c1-6-7-39-26(17(5)31)44-24(28(46)42-25-16(4)8-20(32)12-23(25)27(45)41-15(2)3)13-21(43-44)14-40-49(47,48)22-10-18(29(33,34)35)9-19(11-22)30(36,37)38/h6-13,15,40H,5,14H2,1-4H3,(H,41,45)(H,42,46)/b7-6-,39-26?. The Morgan fingerprint density at radius 3 is 2.12 bits per heavy atom. The third kappa shape index (κ3) is 9.93. The van der Waals surface area contributed by atoms with E-state index in [1.807, 2.05) is 4.72 Å². The molecule has 3 aromatic rings. The lowest BCUT2D eigenvalue weighted by molar-refractivity contribution is -0.143. The molecule has 0 bridgehead atoms. The number of hydrogen-bond acceptors (Lipinski definition) is 6. The van der Waals surface area contributed by atoms with Crippen molar-refractivity contribution in [1.82, 2.24) is 19.8 Å². The first-order valence-corrected chi connectivity index (χ1v) is 16.1. The molecule has 0 aliphatic carbocycles. The first-order chi connectivity index (χ1) is 22.5. The molecule has 49 heavy (non-hydrogen) atoms. The highest BCUT2D eigenvalue weighted by Crippen LogP contribution is 2.37. The van der Waals surface area contributed by atoms with Gasteiger partial charge < -0.3 is 10.6 Å². The van der Waals surface area contributed by atoms with E-state index < -0.39 is 56.8 Å². The Morgan fingerprint density at radius 2 is 1.61 bits per heavy atom. The summed E-state index contributed by atoms with van der Waals surface area (Å²) in [5.41, 5.74) is -3.79. The smallest absolute Gasteiger partial charge is 0.350 e. The number of rotatable bonds is 10. The van der Waals surface area contributed by atoms with E-state index in [1.54, 1.807) is 27.7 Å². The van der Waals surface area contributed by atoms with E-state index in [0.717, 1.165) is 10.7 Å². The van der Waals surface area contributed by atoms with Gasteiger partial charge in [0.15, 0.2) is 5.84 Å². The largest absolute Gasteiger partial charge is 0.416 e. The number of aliphatic imine (C=N–C) groups is 1. The van der Waals surface area contributed by atoms with Crippen LogP contribution in [-0.4, -0.2) is 41.9 Å². The normalized spacial score (nSPS) is 12.9. The van der Waals surface area contributed by atoms with Crippen molar-refractivity contribution in [3.63, 3.8) is 0 Å². The number of amides is 2. The van der Waals surface area contributed by atoms with Gasteiger partial charge in [0.05, 0.1) is 44.5 Å². The van der Waals surface area contributed by atoms with Crippen molar-refractivity contribution >= 4 is 56.6 Å². The Hall–Kier alpha value is -4.19. The number of hydrogen-bond donors (Lipinski definition) is 3. The fourth-order valence-corrected chi connectivity index (χ4v) is 5.63. The highest BCUT2D eigenvalue weighted by atomic mass is 35.5. The Bertz CT molecular complexity index is 1920. The summed E-state index contributed by atoms with van der Waals surface area (Å²) in [6.45, 7) is 9.39. The lowest BCUT2D eigenvalue weighted by atomic mass is 10.1. The number of alkyl halides is 6. The van der Waals surface area contributed by atoms with E-state index in [2.05, 4.69) is 27.3 Å². The summed E-state index contributed by atoms with van der Waals surface area (Å²) >= 11 is 12.3. The topological polar surface area (TPSA) is 135 Å². The van der Waals surface area contributed by atoms with Gasteiger partial charge in [-0.15, -0.1) is 0 Å². The number of anilines is 1. The Morgan fingerprint density at radius 1 is 1.02 bits per heavy atom. The average molecular weight is 754 g/mol. The van der Waals surface area contributed by atoms with E-state index in [9.17, 15) is 44.3 Å². The van der Waals surface area contributed by atoms with E-state index >= 15 is 0 Å². The number of halogens is 8. The summed E-state index contributed by atoms with van der Waals surface area (Å²) in [5, 5.41) is 9.42. The van der Waals surface area contributed by atoms with Crippen LogP contribution in [-0.2, 0) is 28.9 Å². The van der Waals surface area contributed by atoms with Crippen LogP contribution in [0.5, 0.6) is 0 Å². The molecule has 2 aromatic carbocycles. The second-order valence-corrected chi connectivity index (χ2v) is 13.2. The van der Waals surface area contributed by atoms with Crippen molar-refractivity contribution in [2.75, 3.05) is 5.32 Å². The summed E-state index contributed by atoms with van der Waals surface area (Å²) in [7, 11) is -5.02. The van der Waals surface area contributed by atoms with Gasteiger partial charge in [-0.05, 0) is 69.7 Å². The van der Waals surface area contributed by atoms with E-state index in [-0.39, 0.29) is 62.8 Å².